The van der Waals surface area contributed by atoms with Crippen molar-refractivity contribution in [3.8, 4) is 22.9 Å². The molecule has 0 aliphatic carbocycles. The van der Waals surface area contributed by atoms with Gasteiger partial charge in [0.05, 0.1) is 20.0 Å². The molecule has 0 N–H and O–H groups in total. The third kappa shape index (κ3) is 4.51. The van der Waals surface area contributed by atoms with Crippen molar-refractivity contribution >= 4 is 17.5 Å². The van der Waals surface area contributed by atoms with Crippen molar-refractivity contribution in [1.29, 1.82) is 0 Å². The highest BCUT2D eigenvalue weighted by atomic mass is 32.2. The molecule has 0 aliphatic rings. The van der Waals surface area contributed by atoms with Gasteiger partial charge in [-0.2, -0.15) is 0 Å². The number of methoxy groups -OCH3 is 2. The fourth-order valence-corrected chi connectivity index (χ4v) is 3.78. The molecule has 7 heteroatoms. The van der Waals surface area contributed by atoms with Crippen LogP contribution in [0.5, 0.6) is 11.5 Å². The topological polar surface area (TPSA) is 66.2 Å². The first kappa shape index (κ1) is 20.7. The van der Waals surface area contributed by atoms with Crippen molar-refractivity contribution < 1.29 is 14.3 Å². The Hall–Kier alpha value is -3.06. The monoisotopic (exact) mass is 409 g/mol. The van der Waals surface area contributed by atoms with E-state index in [4.69, 9.17) is 9.47 Å². The molecule has 0 atom stereocenters. The molecule has 0 fully saturated rings. The average molecular weight is 410 g/mol. The Bertz CT molecular complexity index is 1030. The second kappa shape index (κ2) is 9.43. The predicted molar refractivity (Wildman–Crippen MR) is 115 cm³/mol. The Morgan fingerprint density at radius 3 is 2.59 bits per heavy atom. The van der Waals surface area contributed by atoms with E-state index in [1.807, 2.05) is 35.8 Å². The maximum Gasteiger partial charge on any atom is 0.192 e. The zero-order chi connectivity index (χ0) is 20.8. The van der Waals surface area contributed by atoms with Crippen LogP contribution in [0.3, 0.4) is 0 Å². The van der Waals surface area contributed by atoms with E-state index in [1.54, 1.807) is 38.5 Å². The number of Topliss-reactive ketones (excluding diaryl/α,β-unsaturated/α-hetero) is 1. The molecule has 0 unspecified atom stereocenters. The molecular weight excluding hydrogens is 386 g/mol. The zero-order valence-corrected chi connectivity index (χ0v) is 17.5. The van der Waals surface area contributed by atoms with Crippen LogP contribution in [0.15, 0.2) is 60.3 Å². The van der Waals surface area contributed by atoms with E-state index >= 15 is 0 Å². The van der Waals surface area contributed by atoms with Crippen LogP contribution < -0.4 is 9.47 Å². The number of rotatable bonds is 9. The number of hydrogen-bond donors (Lipinski definition) is 0. The molecule has 1 aromatic heterocycles. The van der Waals surface area contributed by atoms with Gasteiger partial charge in [0.25, 0.3) is 0 Å². The van der Waals surface area contributed by atoms with Crippen LogP contribution in [0.2, 0.25) is 0 Å². The summed E-state index contributed by atoms with van der Waals surface area (Å²) in [6.45, 7) is 6.43. The Balaban J connectivity index is 1.81. The Labute approximate surface area is 174 Å². The molecule has 29 heavy (non-hydrogen) atoms. The van der Waals surface area contributed by atoms with E-state index in [-0.39, 0.29) is 11.5 Å². The summed E-state index contributed by atoms with van der Waals surface area (Å²) in [7, 11) is 3.11. The number of aryl methyl sites for hydroxylation is 1. The number of carbonyl (C=O) groups is 1. The number of nitrogens with zero attached hydrogens (tertiary/aromatic N) is 3. The smallest absolute Gasteiger partial charge is 0.192 e. The number of ether oxygens (including phenoxy) is 2. The minimum atomic E-state index is -0.0263. The van der Waals surface area contributed by atoms with E-state index in [1.165, 1.54) is 11.8 Å². The summed E-state index contributed by atoms with van der Waals surface area (Å²) in [5.74, 6) is 2.09. The van der Waals surface area contributed by atoms with Gasteiger partial charge in [0.2, 0.25) is 0 Å². The summed E-state index contributed by atoms with van der Waals surface area (Å²) < 4.78 is 12.5. The van der Waals surface area contributed by atoms with Gasteiger partial charge < -0.3 is 9.47 Å². The maximum atomic E-state index is 12.7. The largest absolute Gasteiger partial charge is 0.493 e. The van der Waals surface area contributed by atoms with E-state index in [0.717, 1.165) is 17.0 Å². The molecule has 6 nitrogen and oxygen atoms in total. The van der Waals surface area contributed by atoms with Crippen LogP contribution in [-0.4, -0.2) is 40.5 Å². The minimum absolute atomic E-state index is 0.0263. The Morgan fingerprint density at radius 1 is 1.14 bits per heavy atom. The summed E-state index contributed by atoms with van der Waals surface area (Å²) >= 11 is 1.35. The number of benzene rings is 2. The number of carbonyl (C=O) groups excluding carboxylic acids is 1. The molecule has 1 heterocycles. The lowest BCUT2D eigenvalue weighted by molar-refractivity contribution is 0.102. The van der Waals surface area contributed by atoms with Crippen molar-refractivity contribution in [2.75, 3.05) is 20.0 Å². The van der Waals surface area contributed by atoms with Crippen molar-refractivity contribution in [2.45, 2.75) is 18.6 Å². The van der Waals surface area contributed by atoms with Gasteiger partial charge in [-0.3, -0.25) is 9.36 Å². The lowest BCUT2D eigenvalue weighted by Crippen LogP contribution is -2.06. The SMILES string of the molecule is C=CCn1c(SCC(=O)c2ccc(OC)c(OC)c2)nnc1-c1ccccc1C. The second-order valence-corrected chi connectivity index (χ2v) is 7.24. The Kier molecular flexibility index (Phi) is 6.72. The number of aromatic nitrogens is 3. The van der Waals surface area contributed by atoms with Crippen molar-refractivity contribution in [3.63, 3.8) is 0 Å². The van der Waals surface area contributed by atoms with Crippen LogP contribution in [-0.2, 0) is 6.54 Å². The highest BCUT2D eigenvalue weighted by molar-refractivity contribution is 7.99. The fraction of sp³-hybridized carbons (Fsp3) is 0.227. The normalized spacial score (nSPS) is 10.6. The molecule has 0 amide bonds. The zero-order valence-electron chi connectivity index (χ0n) is 16.7. The quantitative estimate of drug-likeness (QED) is 0.296. The van der Waals surface area contributed by atoms with Gasteiger partial charge in [0.15, 0.2) is 28.3 Å². The summed E-state index contributed by atoms with van der Waals surface area (Å²) in [6, 6.07) is 13.2. The lowest BCUT2D eigenvalue weighted by Gasteiger charge is -2.10. The first-order valence-corrected chi connectivity index (χ1v) is 10.1. The molecule has 0 radical (unpaired) electrons. The van der Waals surface area contributed by atoms with E-state index < -0.39 is 0 Å². The lowest BCUT2D eigenvalue weighted by atomic mass is 10.1. The first-order chi connectivity index (χ1) is 14.1. The molecule has 150 valence electrons. The summed E-state index contributed by atoms with van der Waals surface area (Å²) in [5.41, 5.74) is 2.69. The number of allylic oxidation sites excluding steroid dienone is 1. The molecule has 3 rings (SSSR count). The van der Waals surface area contributed by atoms with Gasteiger partial charge in [-0.1, -0.05) is 42.1 Å². The van der Waals surface area contributed by atoms with Crippen LogP contribution in [0.4, 0.5) is 0 Å². The number of ketones is 1. The van der Waals surface area contributed by atoms with Crippen LogP contribution in [0.1, 0.15) is 15.9 Å². The highest BCUT2D eigenvalue weighted by Gasteiger charge is 2.17. The minimum Gasteiger partial charge on any atom is -0.493 e. The predicted octanol–water partition coefficient (Wildman–Crippen LogP) is 4.43. The fourth-order valence-electron chi connectivity index (χ4n) is 2.94. The second-order valence-electron chi connectivity index (χ2n) is 6.30. The molecule has 0 spiro atoms. The van der Waals surface area contributed by atoms with Crippen molar-refractivity contribution in [1.82, 2.24) is 14.8 Å². The van der Waals surface area contributed by atoms with Crippen molar-refractivity contribution in [3.05, 3.63) is 66.2 Å². The van der Waals surface area contributed by atoms with Gasteiger partial charge in [-0.05, 0) is 30.7 Å². The van der Waals surface area contributed by atoms with Crippen LogP contribution in [0, 0.1) is 6.92 Å². The molecule has 0 bridgehead atoms. The van der Waals surface area contributed by atoms with E-state index in [0.29, 0.717) is 28.8 Å². The molecule has 3 aromatic rings. The van der Waals surface area contributed by atoms with E-state index in [9.17, 15) is 4.79 Å². The standard InChI is InChI=1S/C22H23N3O3S/c1-5-12-25-21(17-9-7-6-8-15(17)2)23-24-22(25)29-14-18(26)16-10-11-19(27-3)20(13-16)28-4/h5-11,13H,1,12,14H2,2-4H3. The van der Waals surface area contributed by atoms with E-state index in [2.05, 4.69) is 16.8 Å². The van der Waals surface area contributed by atoms with Gasteiger partial charge >= 0.3 is 0 Å². The van der Waals surface area contributed by atoms with Crippen LogP contribution >= 0.6 is 11.8 Å². The summed E-state index contributed by atoms with van der Waals surface area (Å²) in [6.07, 6.45) is 1.80. The van der Waals surface area contributed by atoms with Gasteiger partial charge in [-0.25, -0.2) is 0 Å². The Morgan fingerprint density at radius 2 is 1.90 bits per heavy atom. The molecule has 0 aliphatic heterocycles. The highest BCUT2D eigenvalue weighted by Crippen LogP contribution is 2.30. The number of hydrogen-bond acceptors (Lipinski definition) is 6. The molecular formula is C22H23N3O3S. The summed E-state index contributed by atoms with van der Waals surface area (Å²) in [5, 5.41) is 9.35. The summed E-state index contributed by atoms with van der Waals surface area (Å²) in [4.78, 5) is 12.7. The average Bonchev–Trinajstić information content (AvgIpc) is 3.14. The van der Waals surface area contributed by atoms with Gasteiger partial charge in [0.1, 0.15) is 0 Å². The van der Waals surface area contributed by atoms with Crippen LogP contribution in [0.25, 0.3) is 11.4 Å². The van der Waals surface area contributed by atoms with Gasteiger partial charge in [-0.15, -0.1) is 16.8 Å². The first-order valence-electron chi connectivity index (χ1n) is 9.07. The molecule has 0 saturated heterocycles. The van der Waals surface area contributed by atoms with Crippen molar-refractivity contribution in [2.24, 2.45) is 0 Å². The van der Waals surface area contributed by atoms with Gasteiger partial charge in [0, 0.05) is 17.7 Å². The third-order valence-corrected chi connectivity index (χ3v) is 5.42. The third-order valence-electron chi connectivity index (χ3n) is 4.45. The number of thioether (sulfide) groups is 1. The molecule has 0 saturated carbocycles. The molecule has 2 aromatic carbocycles. The maximum absolute atomic E-state index is 12.7.